The van der Waals surface area contributed by atoms with E-state index in [0.717, 1.165) is 31.2 Å². The van der Waals surface area contributed by atoms with E-state index in [1.165, 1.54) is 0 Å². The summed E-state index contributed by atoms with van der Waals surface area (Å²) in [6.07, 6.45) is 7.10. The standard InChI is InChI=1S/C17H20ClN3O3/c18-13-7-14(21-15(20-13)12-1-6-23-8-12)19-9-17-4-2-16(10-22,3-5-17)11-24-17/h1,6-8,22H,2-5,9-11H2,(H,19,20,21). The minimum Gasteiger partial charge on any atom is -0.472 e. The van der Waals surface area contributed by atoms with Crippen molar-refractivity contribution in [2.24, 2.45) is 5.41 Å². The van der Waals surface area contributed by atoms with Crippen LogP contribution in [-0.4, -0.2) is 40.4 Å². The number of hydrogen-bond acceptors (Lipinski definition) is 6. The molecule has 24 heavy (non-hydrogen) atoms. The van der Waals surface area contributed by atoms with Gasteiger partial charge in [-0.05, 0) is 31.7 Å². The number of fused-ring (bicyclic) bond motifs is 3. The molecule has 0 radical (unpaired) electrons. The molecule has 2 aliphatic heterocycles. The minimum atomic E-state index is -0.176. The second-order valence-electron chi connectivity index (χ2n) is 6.89. The summed E-state index contributed by atoms with van der Waals surface area (Å²) in [7, 11) is 0. The monoisotopic (exact) mass is 349 g/mol. The number of furan rings is 1. The first-order chi connectivity index (χ1) is 11.6. The number of halogens is 1. The summed E-state index contributed by atoms with van der Waals surface area (Å²) in [5.41, 5.74) is 0.594. The topological polar surface area (TPSA) is 80.4 Å². The van der Waals surface area contributed by atoms with Crippen LogP contribution in [0.2, 0.25) is 5.15 Å². The first-order valence-electron chi connectivity index (χ1n) is 8.18. The first kappa shape index (κ1) is 15.9. The molecule has 128 valence electrons. The maximum Gasteiger partial charge on any atom is 0.166 e. The molecule has 5 rings (SSSR count). The Morgan fingerprint density at radius 2 is 2.08 bits per heavy atom. The van der Waals surface area contributed by atoms with Crippen molar-refractivity contribution in [3.63, 3.8) is 0 Å². The molecular weight excluding hydrogens is 330 g/mol. The smallest absolute Gasteiger partial charge is 0.166 e. The van der Waals surface area contributed by atoms with Gasteiger partial charge in [0.15, 0.2) is 5.82 Å². The van der Waals surface area contributed by atoms with Crippen molar-refractivity contribution < 1.29 is 14.3 Å². The van der Waals surface area contributed by atoms with Gasteiger partial charge in [-0.3, -0.25) is 0 Å². The largest absolute Gasteiger partial charge is 0.472 e. The molecule has 2 saturated heterocycles. The van der Waals surface area contributed by atoms with Crippen LogP contribution in [0.4, 0.5) is 5.82 Å². The van der Waals surface area contributed by atoms with E-state index >= 15 is 0 Å². The zero-order valence-corrected chi connectivity index (χ0v) is 14.1. The van der Waals surface area contributed by atoms with E-state index < -0.39 is 0 Å². The van der Waals surface area contributed by atoms with Crippen LogP contribution in [0.3, 0.4) is 0 Å². The summed E-state index contributed by atoms with van der Waals surface area (Å²) in [5.74, 6) is 1.21. The molecule has 4 heterocycles. The molecule has 0 atom stereocenters. The van der Waals surface area contributed by atoms with Gasteiger partial charge in [-0.15, -0.1) is 0 Å². The van der Waals surface area contributed by atoms with Gasteiger partial charge in [-0.2, -0.15) is 0 Å². The highest BCUT2D eigenvalue weighted by Gasteiger charge is 2.49. The van der Waals surface area contributed by atoms with Crippen LogP contribution >= 0.6 is 11.6 Å². The van der Waals surface area contributed by atoms with Crippen LogP contribution in [0.15, 0.2) is 29.1 Å². The summed E-state index contributed by atoms with van der Waals surface area (Å²) < 4.78 is 11.2. The quantitative estimate of drug-likeness (QED) is 0.807. The first-order valence-corrected chi connectivity index (χ1v) is 8.56. The molecule has 0 unspecified atom stereocenters. The van der Waals surface area contributed by atoms with Gasteiger partial charge >= 0.3 is 0 Å². The fourth-order valence-electron chi connectivity index (χ4n) is 3.54. The van der Waals surface area contributed by atoms with Crippen LogP contribution in [0.1, 0.15) is 25.7 Å². The summed E-state index contributed by atoms with van der Waals surface area (Å²) in [4.78, 5) is 8.74. The third-order valence-corrected chi connectivity index (χ3v) is 5.50. The summed E-state index contributed by atoms with van der Waals surface area (Å²) >= 11 is 6.12. The third-order valence-electron chi connectivity index (χ3n) is 5.31. The molecule has 2 bridgehead atoms. The number of rotatable bonds is 5. The number of ether oxygens (including phenoxy) is 1. The Balaban J connectivity index is 1.47. The number of nitrogens with one attached hydrogen (secondary N) is 1. The van der Waals surface area contributed by atoms with Gasteiger partial charge in [0.2, 0.25) is 0 Å². The van der Waals surface area contributed by atoms with Gasteiger partial charge in [-0.25, -0.2) is 9.97 Å². The van der Waals surface area contributed by atoms with E-state index in [-0.39, 0.29) is 17.6 Å². The second-order valence-corrected chi connectivity index (χ2v) is 7.28. The lowest BCUT2D eigenvalue weighted by Crippen LogP contribution is -2.55. The van der Waals surface area contributed by atoms with Gasteiger partial charge < -0.3 is 19.6 Å². The summed E-state index contributed by atoms with van der Waals surface area (Å²) in [6, 6.07) is 3.51. The van der Waals surface area contributed by atoms with Crippen molar-refractivity contribution in [1.29, 1.82) is 0 Å². The molecule has 7 heteroatoms. The van der Waals surface area contributed by atoms with Crippen molar-refractivity contribution in [3.8, 4) is 11.4 Å². The Hall–Kier alpha value is -1.63. The highest BCUT2D eigenvalue weighted by atomic mass is 35.5. The van der Waals surface area contributed by atoms with E-state index in [1.54, 1.807) is 24.7 Å². The van der Waals surface area contributed by atoms with Crippen LogP contribution in [0, 0.1) is 5.41 Å². The number of anilines is 1. The van der Waals surface area contributed by atoms with Crippen LogP contribution in [0.25, 0.3) is 11.4 Å². The van der Waals surface area contributed by atoms with Crippen molar-refractivity contribution in [2.75, 3.05) is 25.1 Å². The maximum atomic E-state index is 9.57. The lowest BCUT2D eigenvalue weighted by Gasteiger charge is -2.52. The minimum absolute atomic E-state index is 0.0194. The highest BCUT2D eigenvalue weighted by Crippen LogP contribution is 2.48. The van der Waals surface area contributed by atoms with E-state index in [4.69, 9.17) is 20.8 Å². The van der Waals surface area contributed by atoms with Crippen LogP contribution in [-0.2, 0) is 4.74 Å². The van der Waals surface area contributed by atoms with E-state index in [2.05, 4.69) is 15.3 Å². The van der Waals surface area contributed by atoms with Crippen LogP contribution < -0.4 is 5.32 Å². The molecule has 1 aliphatic carbocycles. The zero-order chi connectivity index (χ0) is 16.6. The number of hydrogen-bond donors (Lipinski definition) is 2. The van der Waals surface area contributed by atoms with Crippen molar-refractivity contribution in [1.82, 2.24) is 9.97 Å². The SMILES string of the molecule is OCC12CCC(CNc3cc(Cl)nc(-c4ccoc4)n3)(CC1)OC2. The Bertz CT molecular complexity index is 695. The predicted octanol–water partition coefficient (Wildman–Crippen LogP) is 3.12. The average molecular weight is 350 g/mol. The second kappa shape index (κ2) is 6.02. The lowest BCUT2D eigenvalue weighted by molar-refractivity contribution is -0.187. The van der Waals surface area contributed by atoms with Gasteiger partial charge in [0, 0.05) is 18.0 Å². The molecule has 0 aromatic carbocycles. The predicted molar refractivity (Wildman–Crippen MR) is 89.9 cm³/mol. The van der Waals surface area contributed by atoms with E-state index in [9.17, 15) is 5.11 Å². The number of nitrogens with zero attached hydrogens (tertiary/aromatic N) is 2. The number of aliphatic hydroxyl groups is 1. The van der Waals surface area contributed by atoms with Gasteiger partial charge in [0.25, 0.3) is 0 Å². The Morgan fingerprint density at radius 3 is 2.71 bits per heavy atom. The molecule has 2 aromatic heterocycles. The molecule has 0 amide bonds. The van der Waals surface area contributed by atoms with Crippen LogP contribution in [0.5, 0.6) is 0 Å². The molecule has 2 N–H and O–H groups in total. The Morgan fingerprint density at radius 1 is 1.25 bits per heavy atom. The molecule has 1 saturated carbocycles. The zero-order valence-electron chi connectivity index (χ0n) is 13.3. The van der Waals surface area contributed by atoms with Gasteiger partial charge in [0.1, 0.15) is 17.2 Å². The molecule has 2 aromatic rings. The molecule has 3 aliphatic rings. The lowest BCUT2D eigenvalue weighted by atomic mass is 9.66. The fraction of sp³-hybridized carbons (Fsp3) is 0.529. The van der Waals surface area contributed by atoms with Gasteiger partial charge in [0.05, 0.1) is 30.6 Å². The summed E-state index contributed by atoms with van der Waals surface area (Å²) in [6.45, 7) is 1.52. The van der Waals surface area contributed by atoms with Crippen molar-refractivity contribution in [3.05, 3.63) is 29.8 Å². The van der Waals surface area contributed by atoms with Gasteiger partial charge in [-0.1, -0.05) is 11.6 Å². The maximum absolute atomic E-state index is 9.57. The van der Waals surface area contributed by atoms with E-state index in [1.807, 2.05) is 0 Å². The average Bonchev–Trinajstić information content (AvgIpc) is 3.16. The highest BCUT2D eigenvalue weighted by molar-refractivity contribution is 6.29. The third kappa shape index (κ3) is 2.90. The normalized spacial score (nSPS) is 28.9. The van der Waals surface area contributed by atoms with Crippen molar-refractivity contribution in [2.45, 2.75) is 31.3 Å². The van der Waals surface area contributed by atoms with Crippen molar-refractivity contribution >= 4 is 17.4 Å². The molecule has 3 fully saturated rings. The Labute approximate surface area is 145 Å². The number of aliphatic hydroxyl groups excluding tert-OH is 1. The summed E-state index contributed by atoms with van der Waals surface area (Å²) in [5, 5.41) is 13.3. The Kier molecular flexibility index (Phi) is 3.98. The number of aromatic nitrogens is 2. The molecule has 0 spiro atoms. The fourth-order valence-corrected chi connectivity index (χ4v) is 3.73. The molecule has 6 nitrogen and oxygen atoms in total. The molecular formula is C17H20ClN3O3. The van der Waals surface area contributed by atoms with E-state index in [0.29, 0.717) is 29.9 Å².